The molecule has 1 saturated heterocycles. The van der Waals surface area contributed by atoms with Gasteiger partial charge in [-0.05, 0) is 12.1 Å². The van der Waals surface area contributed by atoms with Crippen LogP contribution in [0.15, 0.2) is 18.2 Å². The van der Waals surface area contributed by atoms with Gasteiger partial charge in [-0.3, -0.25) is 0 Å². The summed E-state index contributed by atoms with van der Waals surface area (Å²) < 4.78 is 56.9. The van der Waals surface area contributed by atoms with Crippen molar-refractivity contribution in [1.29, 1.82) is 0 Å². The summed E-state index contributed by atoms with van der Waals surface area (Å²) in [4.78, 5) is 1.38. The summed E-state index contributed by atoms with van der Waals surface area (Å²) in [5.41, 5.74) is -1.30. The lowest BCUT2D eigenvalue weighted by atomic mass is 10.1. The SMILES string of the molecule is Fc1cccc(C(F)(F)F)c1N1CCOCC1. The Morgan fingerprint density at radius 1 is 1.12 bits per heavy atom. The molecule has 1 fully saturated rings. The highest BCUT2D eigenvalue weighted by molar-refractivity contribution is 5.56. The van der Waals surface area contributed by atoms with Crippen molar-refractivity contribution in [3.05, 3.63) is 29.6 Å². The van der Waals surface area contributed by atoms with Crippen molar-refractivity contribution in [2.24, 2.45) is 0 Å². The summed E-state index contributed by atoms with van der Waals surface area (Å²) in [7, 11) is 0. The number of hydrogen-bond acceptors (Lipinski definition) is 2. The van der Waals surface area contributed by atoms with Crippen molar-refractivity contribution in [2.45, 2.75) is 6.18 Å². The quantitative estimate of drug-likeness (QED) is 0.709. The first-order chi connectivity index (χ1) is 8.00. The van der Waals surface area contributed by atoms with E-state index in [2.05, 4.69) is 0 Å². The molecule has 1 heterocycles. The van der Waals surface area contributed by atoms with Crippen LogP contribution in [0.4, 0.5) is 23.2 Å². The highest BCUT2D eigenvalue weighted by Gasteiger charge is 2.36. The predicted molar refractivity (Wildman–Crippen MR) is 54.4 cm³/mol. The molecule has 2 nitrogen and oxygen atoms in total. The van der Waals surface area contributed by atoms with Crippen LogP contribution in [-0.2, 0) is 10.9 Å². The highest BCUT2D eigenvalue weighted by Crippen LogP contribution is 2.38. The standard InChI is InChI=1S/C11H11F4NO/c12-9-3-1-2-8(11(13,14)15)10(9)16-4-6-17-7-5-16/h1-3H,4-7H2. The van der Waals surface area contributed by atoms with E-state index >= 15 is 0 Å². The van der Waals surface area contributed by atoms with E-state index in [9.17, 15) is 17.6 Å². The number of morpholine rings is 1. The van der Waals surface area contributed by atoms with Crippen LogP contribution in [0.5, 0.6) is 0 Å². The molecule has 2 rings (SSSR count). The Bertz CT molecular complexity index is 399. The second kappa shape index (κ2) is 4.52. The zero-order valence-electron chi connectivity index (χ0n) is 8.93. The minimum atomic E-state index is -4.55. The minimum Gasteiger partial charge on any atom is -0.378 e. The number of halogens is 4. The molecule has 0 radical (unpaired) electrons. The largest absolute Gasteiger partial charge is 0.418 e. The van der Waals surface area contributed by atoms with Crippen molar-refractivity contribution in [3.63, 3.8) is 0 Å². The maximum Gasteiger partial charge on any atom is 0.418 e. The number of benzene rings is 1. The van der Waals surface area contributed by atoms with Gasteiger partial charge in [-0.1, -0.05) is 6.07 Å². The van der Waals surface area contributed by atoms with Crippen LogP contribution in [0.25, 0.3) is 0 Å². The fourth-order valence-corrected chi connectivity index (χ4v) is 1.85. The predicted octanol–water partition coefficient (Wildman–Crippen LogP) is 2.68. The summed E-state index contributed by atoms with van der Waals surface area (Å²) in [5.74, 6) is -0.846. The maximum absolute atomic E-state index is 13.6. The van der Waals surface area contributed by atoms with E-state index in [1.807, 2.05) is 0 Å². The number of rotatable bonds is 1. The van der Waals surface area contributed by atoms with Gasteiger partial charge in [-0.15, -0.1) is 0 Å². The van der Waals surface area contributed by atoms with E-state index < -0.39 is 17.6 Å². The van der Waals surface area contributed by atoms with Crippen LogP contribution in [0.1, 0.15) is 5.56 Å². The fraction of sp³-hybridized carbons (Fsp3) is 0.455. The molecule has 0 atom stereocenters. The number of anilines is 1. The Labute approximate surface area is 95.8 Å². The minimum absolute atomic E-state index is 0.268. The molecule has 17 heavy (non-hydrogen) atoms. The Morgan fingerprint density at radius 2 is 1.76 bits per heavy atom. The van der Waals surface area contributed by atoms with E-state index in [4.69, 9.17) is 4.74 Å². The first kappa shape index (κ1) is 12.2. The maximum atomic E-state index is 13.6. The molecular weight excluding hydrogens is 238 g/mol. The fourth-order valence-electron chi connectivity index (χ4n) is 1.85. The summed E-state index contributed by atoms with van der Waals surface area (Å²) in [6.07, 6.45) is -4.55. The Balaban J connectivity index is 2.43. The third-order valence-electron chi connectivity index (χ3n) is 2.62. The summed E-state index contributed by atoms with van der Waals surface area (Å²) in [6.45, 7) is 1.16. The van der Waals surface area contributed by atoms with Crippen molar-refractivity contribution < 1.29 is 22.3 Å². The Morgan fingerprint density at radius 3 is 2.35 bits per heavy atom. The van der Waals surface area contributed by atoms with Gasteiger partial charge in [0.15, 0.2) is 0 Å². The molecule has 0 bridgehead atoms. The second-order valence-electron chi connectivity index (χ2n) is 3.73. The molecule has 94 valence electrons. The van der Waals surface area contributed by atoms with Gasteiger partial charge in [0.2, 0.25) is 0 Å². The van der Waals surface area contributed by atoms with Crippen LogP contribution >= 0.6 is 0 Å². The van der Waals surface area contributed by atoms with Crippen molar-refractivity contribution in [2.75, 3.05) is 31.2 Å². The number of alkyl halides is 3. The number of para-hydroxylation sites is 1. The topological polar surface area (TPSA) is 12.5 Å². The lowest BCUT2D eigenvalue weighted by Gasteiger charge is -2.31. The van der Waals surface area contributed by atoms with Crippen molar-refractivity contribution in [1.82, 2.24) is 0 Å². The molecule has 0 N–H and O–H groups in total. The van der Waals surface area contributed by atoms with Crippen molar-refractivity contribution in [3.8, 4) is 0 Å². The molecule has 0 unspecified atom stereocenters. The van der Waals surface area contributed by atoms with Gasteiger partial charge in [0.05, 0.1) is 24.5 Å². The van der Waals surface area contributed by atoms with E-state index in [1.165, 1.54) is 4.90 Å². The smallest absolute Gasteiger partial charge is 0.378 e. The first-order valence-corrected chi connectivity index (χ1v) is 5.18. The lowest BCUT2D eigenvalue weighted by molar-refractivity contribution is -0.137. The molecule has 0 saturated carbocycles. The monoisotopic (exact) mass is 249 g/mol. The number of nitrogens with zero attached hydrogens (tertiary/aromatic N) is 1. The molecule has 0 spiro atoms. The van der Waals surface area contributed by atoms with E-state index in [0.29, 0.717) is 13.2 Å². The van der Waals surface area contributed by atoms with Gasteiger partial charge in [-0.25, -0.2) is 4.39 Å². The summed E-state index contributed by atoms with van der Waals surface area (Å²) >= 11 is 0. The molecule has 0 amide bonds. The lowest BCUT2D eigenvalue weighted by Crippen LogP contribution is -2.38. The van der Waals surface area contributed by atoms with Crippen LogP contribution < -0.4 is 4.90 Å². The van der Waals surface area contributed by atoms with E-state index in [1.54, 1.807) is 0 Å². The molecule has 0 aromatic heterocycles. The second-order valence-corrected chi connectivity index (χ2v) is 3.73. The molecule has 1 aliphatic rings. The number of ether oxygens (including phenoxy) is 1. The molecule has 1 aliphatic heterocycles. The van der Waals surface area contributed by atoms with Crippen LogP contribution in [0, 0.1) is 5.82 Å². The average Bonchev–Trinajstić information content (AvgIpc) is 2.28. The third kappa shape index (κ3) is 2.52. The first-order valence-electron chi connectivity index (χ1n) is 5.18. The van der Waals surface area contributed by atoms with Gasteiger partial charge in [-0.2, -0.15) is 13.2 Å². The van der Waals surface area contributed by atoms with Crippen LogP contribution in [0.3, 0.4) is 0 Å². The van der Waals surface area contributed by atoms with Gasteiger partial charge >= 0.3 is 6.18 Å². The van der Waals surface area contributed by atoms with E-state index in [0.717, 1.165) is 18.2 Å². The molecular formula is C11H11F4NO. The third-order valence-corrected chi connectivity index (χ3v) is 2.62. The van der Waals surface area contributed by atoms with Crippen molar-refractivity contribution >= 4 is 5.69 Å². The zero-order valence-corrected chi connectivity index (χ0v) is 8.93. The van der Waals surface area contributed by atoms with Crippen LogP contribution in [-0.4, -0.2) is 26.3 Å². The molecule has 1 aromatic carbocycles. The normalized spacial score (nSPS) is 17.3. The number of hydrogen-bond donors (Lipinski definition) is 0. The average molecular weight is 249 g/mol. The molecule has 1 aromatic rings. The highest BCUT2D eigenvalue weighted by atomic mass is 19.4. The molecule has 6 heteroatoms. The van der Waals surface area contributed by atoms with Crippen LogP contribution in [0.2, 0.25) is 0 Å². The Hall–Kier alpha value is -1.30. The van der Waals surface area contributed by atoms with Gasteiger partial charge in [0.1, 0.15) is 5.82 Å². The van der Waals surface area contributed by atoms with E-state index in [-0.39, 0.29) is 18.8 Å². The van der Waals surface area contributed by atoms with Gasteiger partial charge in [0.25, 0.3) is 0 Å². The Kier molecular flexibility index (Phi) is 3.24. The molecule has 0 aliphatic carbocycles. The zero-order chi connectivity index (χ0) is 12.5. The summed E-state index contributed by atoms with van der Waals surface area (Å²) in [6, 6.07) is 3.01. The van der Waals surface area contributed by atoms with Gasteiger partial charge < -0.3 is 9.64 Å². The van der Waals surface area contributed by atoms with Gasteiger partial charge in [0, 0.05) is 13.1 Å². The summed E-state index contributed by atoms with van der Waals surface area (Å²) in [5, 5.41) is 0.